The molecule has 30 heavy (non-hydrogen) atoms. The number of halogens is 1. The van der Waals surface area contributed by atoms with E-state index in [4.69, 9.17) is 21.1 Å². The van der Waals surface area contributed by atoms with Gasteiger partial charge in [0, 0.05) is 46.4 Å². The number of carbonyl (C=O) groups is 1. The molecule has 168 valence electrons. The van der Waals surface area contributed by atoms with Gasteiger partial charge >= 0.3 is 0 Å². The number of hydrogen-bond donors (Lipinski definition) is 2. The number of nitrogens with zero attached hydrogens (tertiary/aromatic N) is 2. The van der Waals surface area contributed by atoms with E-state index in [0.29, 0.717) is 29.8 Å². The molecule has 0 spiro atoms. The van der Waals surface area contributed by atoms with E-state index < -0.39 is 0 Å². The summed E-state index contributed by atoms with van der Waals surface area (Å²) in [6.07, 6.45) is 3.48. The predicted octanol–water partition coefficient (Wildman–Crippen LogP) is 3.46. The molecule has 1 aliphatic heterocycles. The molecular formula is C22H35ClN4O3. The Kier molecular flexibility index (Phi) is 11.0. The van der Waals surface area contributed by atoms with E-state index in [9.17, 15) is 4.79 Å². The van der Waals surface area contributed by atoms with Crippen LogP contribution in [-0.4, -0.2) is 69.4 Å². The first-order valence-electron chi connectivity index (χ1n) is 10.7. The average Bonchev–Trinajstić information content (AvgIpc) is 2.73. The maximum atomic E-state index is 12.3. The second kappa shape index (κ2) is 13.5. The Morgan fingerprint density at radius 3 is 2.73 bits per heavy atom. The molecule has 0 saturated carbocycles. The molecule has 1 saturated heterocycles. The van der Waals surface area contributed by atoms with Crippen LogP contribution in [0, 0.1) is 6.92 Å². The van der Waals surface area contributed by atoms with Crippen molar-refractivity contribution in [1.82, 2.24) is 10.2 Å². The number of carbonyl (C=O) groups excluding carboxylic acids is 1. The van der Waals surface area contributed by atoms with Crippen molar-refractivity contribution in [3.63, 3.8) is 0 Å². The standard InChI is InChI=1S/C22H35ClN4O3/c1-4-24-22(27-12-9-18(10-13-27)30-15-5-14-29-3)25-11-8-21(28)26-20-7-6-17(2)16-19(20)23/h6-7,16,18H,4-5,8-15H2,1-3H3,(H,24,25)(H,26,28). The fraction of sp³-hybridized carbons (Fsp3) is 0.636. The third-order valence-electron chi connectivity index (χ3n) is 4.92. The number of nitrogens with one attached hydrogen (secondary N) is 2. The number of guanidine groups is 1. The number of ether oxygens (including phenoxy) is 2. The van der Waals surface area contributed by atoms with Crippen molar-refractivity contribution in [1.29, 1.82) is 0 Å². The predicted molar refractivity (Wildman–Crippen MR) is 122 cm³/mol. The number of methoxy groups -OCH3 is 1. The van der Waals surface area contributed by atoms with Crippen molar-refractivity contribution in [2.24, 2.45) is 4.99 Å². The van der Waals surface area contributed by atoms with Crippen LogP contribution in [0.25, 0.3) is 0 Å². The number of hydrogen-bond acceptors (Lipinski definition) is 4. The summed E-state index contributed by atoms with van der Waals surface area (Å²) in [7, 11) is 1.71. The molecule has 0 aliphatic carbocycles. The van der Waals surface area contributed by atoms with Crippen LogP contribution in [0.2, 0.25) is 5.02 Å². The minimum Gasteiger partial charge on any atom is -0.385 e. The number of anilines is 1. The van der Waals surface area contributed by atoms with Gasteiger partial charge in [-0.15, -0.1) is 0 Å². The Balaban J connectivity index is 1.78. The normalized spacial score (nSPS) is 15.3. The van der Waals surface area contributed by atoms with Crippen LogP contribution < -0.4 is 10.6 Å². The van der Waals surface area contributed by atoms with Crippen molar-refractivity contribution in [2.45, 2.75) is 45.6 Å². The summed E-state index contributed by atoms with van der Waals surface area (Å²) in [5, 5.41) is 6.74. The second-order valence-corrected chi connectivity index (χ2v) is 7.83. The zero-order valence-corrected chi connectivity index (χ0v) is 19.1. The van der Waals surface area contributed by atoms with Crippen LogP contribution in [0.3, 0.4) is 0 Å². The molecule has 1 heterocycles. The Hall–Kier alpha value is -1.83. The van der Waals surface area contributed by atoms with Crippen LogP contribution in [0.4, 0.5) is 5.69 Å². The summed E-state index contributed by atoms with van der Waals surface area (Å²) in [5.41, 5.74) is 1.69. The van der Waals surface area contributed by atoms with E-state index in [0.717, 1.165) is 63.6 Å². The highest BCUT2D eigenvalue weighted by Crippen LogP contribution is 2.22. The molecule has 2 N–H and O–H groups in total. The number of rotatable bonds is 10. The molecule has 1 aliphatic rings. The lowest BCUT2D eigenvalue weighted by Gasteiger charge is -2.34. The van der Waals surface area contributed by atoms with Gasteiger partial charge in [0.25, 0.3) is 0 Å². The first-order chi connectivity index (χ1) is 14.5. The van der Waals surface area contributed by atoms with E-state index in [-0.39, 0.29) is 5.91 Å². The average molecular weight is 439 g/mol. The molecule has 1 amide bonds. The van der Waals surface area contributed by atoms with Gasteiger partial charge in [-0.05, 0) is 50.8 Å². The van der Waals surface area contributed by atoms with Gasteiger partial charge in [0.2, 0.25) is 5.91 Å². The van der Waals surface area contributed by atoms with Crippen LogP contribution >= 0.6 is 11.6 Å². The summed E-state index contributed by atoms with van der Waals surface area (Å²) in [4.78, 5) is 19.1. The number of likely N-dealkylation sites (tertiary alicyclic amines) is 1. The van der Waals surface area contributed by atoms with E-state index in [1.165, 1.54) is 0 Å². The lowest BCUT2D eigenvalue weighted by Crippen LogP contribution is -2.47. The first kappa shape index (κ1) is 24.4. The van der Waals surface area contributed by atoms with Gasteiger partial charge in [0.1, 0.15) is 0 Å². The first-order valence-corrected chi connectivity index (χ1v) is 11.1. The quantitative estimate of drug-likeness (QED) is 0.332. The van der Waals surface area contributed by atoms with Gasteiger partial charge in [-0.25, -0.2) is 0 Å². The van der Waals surface area contributed by atoms with Gasteiger partial charge in [0.15, 0.2) is 5.96 Å². The Bertz CT molecular complexity index is 691. The number of benzene rings is 1. The molecule has 8 heteroatoms. The molecule has 2 rings (SSSR count). The smallest absolute Gasteiger partial charge is 0.226 e. The summed E-state index contributed by atoms with van der Waals surface area (Å²) in [5.74, 6) is 0.764. The SMILES string of the molecule is CCNC(=NCCC(=O)Nc1ccc(C)cc1Cl)N1CCC(OCCCOC)CC1. The molecule has 1 fully saturated rings. The maximum absolute atomic E-state index is 12.3. The lowest BCUT2D eigenvalue weighted by molar-refractivity contribution is -0.116. The third kappa shape index (κ3) is 8.50. The van der Waals surface area contributed by atoms with Gasteiger partial charge in [-0.1, -0.05) is 17.7 Å². The number of piperidine rings is 1. The largest absolute Gasteiger partial charge is 0.385 e. The van der Waals surface area contributed by atoms with E-state index >= 15 is 0 Å². The minimum absolute atomic E-state index is 0.0940. The summed E-state index contributed by atoms with van der Waals surface area (Å²) < 4.78 is 11.0. The molecule has 7 nitrogen and oxygen atoms in total. The topological polar surface area (TPSA) is 75.2 Å². The Morgan fingerprint density at radius 1 is 1.30 bits per heavy atom. The third-order valence-corrected chi connectivity index (χ3v) is 5.23. The minimum atomic E-state index is -0.0940. The van der Waals surface area contributed by atoms with Crippen molar-refractivity contribution >= 4 is 29.2 Å². The Labute approximate surface area is 185 Å². The Morgan fingerprint density at radius 2 is 2.07 bits per heavy atom. The maximum Gasteiger partial charge on any atom is 0.226 e. The number of amides is 1. The fourth-order valence-corrected chi connectivity index (χ4v) is 3.59. The van der Waals surface area contributed by atoms with Gasteiger partial charge in [-0.2, -0.15) is 0 Å². The summed E-state index contributed by atoms with van der Waals surface area (Å²) >= 11 is 6.18. The molecule has 0 radical (unpaired) electrons. The monoisotopic (exact) mass is 438 g/mol. The zero-order chi connectivity index (χ0) is 21.8. The van der Waals surface area contributed by atoms with Crippen molar-refractivity contribution in [3.05, 3.63) is 28.8 Å². The molecule has 1 aromatic rings. The summed E-state index contributed by atoms with van der Waals surface area (Å²) in [6.45, 7) is 8.49. The summed E-state index contributed by atoms with van der Waals surface area (Å²) in [6, 6.07) is 5.59. The van der Waals surface area contributed by atoms with Crippen molar-refractivity contribution < 1.29 is 14.3 Å². The highest BCUT2D eigenvalue weighted by atomic mass is 35.5. The fourth-order valence-electron chi connectivity index (χ4n) is 3.31. The lowest BCUT2D eigenvalue weighted by atomic mass is 10.1. The molecule has 0 atom stereocenters. The van der Waals surface area contributed by atoms with Crippen molar-refractivity contribution in [2.75, 3.05) is 51.8 Å². The van der Waals surface area contributed by atoms with Crippen LogP contribution in [0.15, 0.2) is 23.2 Å². The number of aryl methyl sites for hydroxylation is 1. The van der Waals surface area contributed by atoms with Gasteiger partial charge in [0.05, 0.1) is 23.4 Å². The van der Waals surface area contributed by atoms with E-state index in [1.54, 1.807) is 7.11 Å². The van der Waals surface area contributed by atoms with Crippen LogP contribution in [-0.2, 0) is 14.3 Å². The van der Waals surface area contributed by atoms with Gasteiger partial charge < -0.3 is 25.0 Å². The highest BCUT2D eigenvalue weighted by Gasteiger charge is 2.21. The number of aliphatic imine (C=N–C) groups is 1. The molecule has 0 unspecified atom stereocenters. The van der Waals surface area contributed by atoms with E-state index in [1.807, 2.05) is 32.0 Å². The van der Waals surface area contributed by atoms with Gasteiger partial charge in [-0.3, -0.25) is 9.79 Å². The zero-order valence-electron chi connectivity index (χ0n) is 18.4. The van der Waals surface area contributed by atoms with Crippen molar-refractivity contribution in [3.8, 4) is 0 Å². The molecule has 0 aromatic heterocycles. The van der Waals surface area contributed by atoms with Crippen LogP contribution in [0.1, 0.15) is 38.2 Å². The van der Waals surface area contributed by atoms with E-state index in [2.05, 4.69) is 20.5 Å². The molecule has 0 bridgehead atoms. The highest BCUT2D eigenvalue weighted by molar-refractivity contribution is 6.33. The molecular weight excluding hydrogens is 404 g/mol. The van der Waals surface area contributed by atoms with Crippen LogP contribution in [0.5, 0.6) is 0 Å². The second-order valence-electron chi connectivity index (χ2n) is 7.42. The molecule has 1 aromatic carbocycles.